The van der Waals surface area contributed by atoms with E-state index in [1.165, 1.54) is 18.4 Å². The van der Waals surface area contributed by atoms with Gasteiger partial charge in [0.1, 0.15) is 0 Å². The molecule has 1 aliphatic rings. The van der Waals surface area contributed by atoms with Gasteiger partial charge in [-0.25, -0.2) is 0 Å². The zero-order valence-electron chi connectivity index (χ0n) is 12.7. The number of nitrogens with one attached hydrogen (secondary N) is 2. The van der Waals surface area contributed by atoms with E-state index >= 15 is 0 Å². The Balaban J connectivity index is 1.98. The van der Waals surface area contributed by atoms with Crippen molar-refractivity contribution in [2.45, 2.75) is 58.4 Å². The van der Waals surface area contributed by atoms with E-state index in [4.69, 9.17) is 0 Å². The van der Waals surface area contributed by atoms with Gasteiger partial charge in [0.05, 0.1) is 0 Å². The van der Waals surface area contributed by atoms with Gasteiger partial charge in [0, 0.05) is 23.8 Å². The number of fused-ring (bicyclic) bond motifs is 1. The summed E-state index contributed by atoms with van der Waals surface area (Å²) >= 11 is 0. The zero-order chi connectivity index (χ0) is 14.4. The fourth-order valence-corrected chi connectivity index (χ4v) is 2.79. The molecule has 1 aliphatic heterocycles. The SMILES string of the molecule is CCCCC(CCC)NC(=O)c1ccc2c(c1)NCC2. The lowest BCUT2D eigenvalue weighted by molar-refractivity contribution is 0.0932. The average molecular weight is 274 g/mol. The van der Waals surface area contributed by atoms with Crippen LogP contribution < -0.4 is 10.6 Å². The Kier molecular flexibility index (Phi) is 5.45. The Labute approximate surface area is 122 Å². The van der Waals surface area contributed by atoms with E-state index in [1.54, 1.807) is 0 Å². The van der Waals surface area contributed by atoms with E-state index in [0.717, 1.165) is 43.5 Å². The van der Waals surface area contributed by atoms with Crippen molar-refractivity contribution in [1.82, 2.24) is 5.32 Å². The number of hydrogen-bond acceptors (Lipinski definition) is 2. The number of anilines is 1. The van der Waals surface area contributed by atoms with E-state index in [1.807, 2.05) is 12.1 Å². The van der Waals surface area contributed by atoms with Crippen LogP contribution in [0.3, 0.4) is 0 Å². The summed E-state index contributed by atoms with van der Waals surface area (Å²) < 4.78 is 0. The van der Waals surface area contributed by atoms with Crippen molar-refractivity contribution in [1.29, 1.82) is 0 Å². The van der Waals surface area contributed by atoms with Gasteiger partial charge in [-0.1, -0.05) is 39.2 Å². The average Bonchev–Trinajstić information content (AvgIpc) is 2.92. The first kappa shape index (κ1) is 14.9. The summed E-state index contributed by atoms with van der Waals surface area (Å²) in [4.78, 5) is 12.4. The molecule has 1 heterocycles. The molecule has 0 bridgehead atoms. The topological polar surface area (TPSA) is 41.1 Å². The van der Waals surface area contributed by atoms with E-state index < -0.39 is 0 Å². The van der Waals surface area contributed by atoms with Crippen molar-refractivity contribution < 1.29 is 4.79 Å². The monoisotopic (exact) mass is 274 g/mol. The summed E-state index contributed by atoms with van der Waals surface area (Å²) in [7, 11) is 0. The molecule has 1 unspecified atom stereocenters. The Hall–Kier alpha value is -1.51. The van der Waals surface area contributed by atoms with E-state index in [0.29, 0.717) is 6.04 Å². The third-order valence-electron chi connectivity index (χ3n) is 3.96. The number of unbranched alkanes of at least 4 members (excludes halogenated alkanes) is 1. The fraction of sp³-hybridized carbons (Fsp3) is 0.588. The number of rotatable bonds is 7. The first-order chi connectivity index (χ1) is 9.74. The molecule has 1 atom stereocenters. The van der Waals surface area contributed by atoms with E-state index in [2.05, 4.69) is 30.5 Å². The molecule has 0 saturated carbocycles. The van der Waals surface area contributed by atoms with Crippen LogP contribution in [0.5, 0.6) is 0 Å². The zero-order valence-corrected chi connectivity index (χ0v) is 12.7. The Bertz CT molecular complexity index is 456. The molecule has 3 heteroatoms. The van der Waals surface area contributed by atoms with Crippen LogP contribution in [-0.2, 0) is 6.42 Å². The maximum absolute atomic E-state index is 12.4. The smallest absolute Gasteiger partial charge is 0.251 e. The van der Waals surface area contributed by atoms with Crippen molar-refractivity contribution in [3.05, 3.63) is 29.3 Å². The molecule has 3 nitrogen and oxygen atoms in total. The fourth-order valence-electron chi connectivity index (χ4n) is 2.79. The van der Waals surface area contributed by atoms with Crippen LogP contribution in [0.1, 0.15) is 61.9 Å². The highest BCUT2D eigenvalue weighted by Gasteiger charge is 2.16. The number of amides is 1. The lowest BCUT2D eigenvalue weighted by Crippen LogP contribution is -2.34. The summed E-state index contributed by atoms with van der Waals surface area (Å²) in [5.74, 6) is 0.0658. The van der Waals surface area contributed by atoms with Crippen LogP contribution in [0.2, 0.25) is 0 Å². The third-order valence-corrected chi connectivity index (χ3v) is 3.96. The molecule has 1 amide bonds. The first-order valence-corrected chi connectivity index (χ1v) is 7.92. The molecule has 0 radical (unpaired) electrons. The number of carbonyl (C=O) groups excluding carboxylic acids is 1. The maximum Gasteiger partial charge on any atom is 0.251 e. The molecule has 20 heavy (non-hydrogen) atoms. The first-order valence-electron chi connectivity index (χ1n) is 7.92. The normalized spacial score (nSPS) is 14.5. The van der Waals surface area contributed by atoms with Gasteiger partial charge in [0.25, 0.3) is 5.91 Å². The van der Waals surface area contributed by atoms with Crippen molar-refractivity contribution >= 4 is 11.6 Å². The van der Waals surface area contributed by atoms with E-state index in [9.17, 15) is 4.79 Å². The molecule has 110 valence electrons. The van der Waals surface area contributed by atoms with Crippen LogP contribution in [-0.4, -0.2) is 18.5 Å². The molecule has 0 aromatic heterocycles. The Morgan fingerprint density at radius 1 is 1.30 bits per heavy atom. The quantitative estimate of drug-likeness (QED) is 0.795. The number of carbonyl (C=O) groups is 1. The van der Waals surface area contributed by atoms with Gasteiger partial charge in [0.15, 0.2) is 0 Å². The van der Waals surface area contributed by atoms with Crippen LogP contribution in [0, 0.1) is 0 Å². The van der Waals surface area contributed by atoms with Gasteiger partial charge in [0.2, 0.25) is 0 Å². The summed E-state index contributed by atoms with van der Waals surface area (Å²) in [6.45, 7) is 5.34. The van der Waals surface area contributed by atoms with Gasteiger partial charge in [-0.05, 0) is 37.0 Å². The lowest BCUT2D eigenvalue weighted by Gasteiger charge is -2.18. The summed E-state index contributed by atoms with van der Waals surface area (Å²) in [6, 6.07) is 6.32. The largest absolute Gasteiger partial charge is 0.384 e. The second kappa shape index (κ2) is 7.32. The minimum absolute atomic E-state index is 0.0658. The van der Waals surface area contributed by atoms with Gasteiger partial charge < -0.3 is 10.6 Å². The second-order valence-electron chi connectivity index (χ2n) is 5.65. The third kappa shape index (κ3) is 3.75. The molecule has 2 N–H and O–H groups in total. The summed E-state index contributed by atoms with van der Waals surface area (Å²) in [6.07, 6.45) is 6.68. The van der Waals surface area contributed by atoms with Gasteiger partial charge in [-0.2, -0.15) is 0 Å². The Morgan fingerprint density at radius 3 is 2.90 bits per heavy atom. The van der Waals surface area contributed by atoms with Crippen molar-refractivity contribution in [3.63, 3.8) is 0 Å². The highest BCUT2D eigenvalue weighted by molar-refractivity contribution is 5.95. The van der Waals surface area contributed by atoms with Crippen LogP contribution in [0.4, 0.5) is 5.69 Å². The van der Waals surface area contributed by atoms with Gasteiger partial charge >= 0.3 is 0 Å². The lowest BCUT2D eigenvalue weighted by atomic mass is 10.0. The highest BCUT2D eigenvalue weighted by atomic mass is 16.1. The van der Waals surface area contributed by atoms with Crippen molar-refractivity contribution in [3.8, 4) is 0 Å². The highest BCUT2D eigenvalue weighted by Crippen LogP contribution is 2.23. The molecule has 2 rings (SSSR count). The molecular formula is C17H26N2O. The Morgan fingerprint density at radius 2 is 2.15 bits per heavy atom. The maximum atomic E-state index is 12.4. The van der Waals surface area contributed by atoms with Crippen molar-refractivity contribution in [2.75, 3.05) is 11.9 Å². The van der Waals surface area contributed by atoms with Gasteiger partial charge in [-0.15, -0.1) is 0 Å². The minimum atomic E-state index is 0.0658. The van der Waals surface area contributed by atoms with E-state index in [-0.39, 0.29) is 5.91 Å². The molecular weight excluding hydrogens is 248 g/mol. The summed E-state index contributed by atoms with van der Waals surface area (Å²) in [5.41, 5.74) is 3.21. The van der Waals surface area contributed by atoms with Gasteiger partial charge in [-0.3, -0.25) is 4.79 Å². The second-order valence-corrected chi connectivity index (χ2v) is 5.65. The molecule has 1 aromatic carbocycles. The van der Waals surface area contributed by atoms with Crippen LogP contribution in [0.15, 0.2) is 18.2 Å². The minimum Gasteiger partial charge on any atom is -0.384 e. The number of benzene rings is 1. The predicted molar refractivity (Wildman–Crippen MR) is 84.3 cm³/mol. The summed E-state index contributed by atoms with van der Waals surface area (Å²) in [5, 5.41) is 6.52. The molecule has 1 aromatic rings. The molecule has 0 aliphatic carbocycles. The van der Waals surface area contributed by atoms with Crippen LogP contribution >= 0.6 is 0 Å². The molecule has 0 saturated heterocycles. The van der Waals surface area contributed by atoms with Crippen LogP contribution in [0.25, 0.3) is 0 Å². The predicted octanol–water partition coefficient (Wildman–Crippen LogP) is 3.74. The number of hydrogen-bond donors (Lipinski definition) is 2. The molecule has 0 spiro atoms. The van der Waals surface area contributed by atoms with Crippen molar-refractivity contribution in [2.24, 2.45) is 0 Å². The molecule has 0 fully saturated rings. The standard InChI is InChI=1S/C17H26N2O/c1-3-5-7-15(6-4-2)19-17(20)14-9-8-13-10-11-18-16(13)12-14/h8-9,12,15,18H,3-7,10-11H2,1-2H3,(H,19,20).